The molecule has 0 radical (unpaired) electrons. The number of hydrogen-bond donors (Lipinski definition) is 2. The molecular weight excluding hydrogens is 250 g/mol. The molecule has 2 aromatic rings. The second kappa shape index (κ2) is 5.82. The second-order valence-electron chi connectivity index (χ2n) is 5.27. The molecule has 0 saturated heterocycles. The van der Waals surface area contributed by atoms with E-state index in [4.69, 9.17) is 0 Å². The predicted octanol–water partition coefficient (Wildman–Crippen LogP) is 2.88. The number of hydrogen-bond acceptors (Lipinski definition) is 2. The first-order valence-corrected chi connectivity index (χ1v) is 6.68. The van der Waals surface area contributed by atoms with Crippen molar-refractivity contribution >= 4 is 17.3 Å². The maximum atomic E-state index is 12.0. The van der Waals surface area contributed by atoms with Gasteiger partial charge in [0.1, 0.15) is 0 Å². The first-order valence-electron chi connectivity index (χ1n) is 6.68. The number of anilines is 2. The third-order valence-corrected chi connectivity index (χ3v) is 3.28. The summed E-state index contributed by atoms with van der Waals surface area (Å²) in [5.41, 5.74) is 5.12. The van der Waals surface area contributed by atoms with Crippen LogP contribution in [0, 0.1) is 13.8 Å². The van der Waals surface area contributed by atoms with E-state index in [1.54, 1.807) is 0 Å². The van der Waals surface area contributed by atoms with Gasteiger partial charge in [0.05, 0.1) is 6.42 Å². The van der Waals surface area contributed by atoms with Crippen LogP contribution in [0.5, 0.6) is 0 Å². The summed E-state index contributed by atoms with van der Waals surface area (Å²) in [7, 11) is 3.98. The van der Waals surface area contributed by atoms with Gasteiger partial charge in [-0.2, -0.15) is 0 Å². The Morgan fingerprint density at radius 1 is 1.20 bits per heavy atom. The molecule has 2 rings (SSSR count). The summed E-state index contributed by atoms with van der Waals surface area (Å²) in [5, 5.41) is 2.92. The molecule has 0 aliphatic rings. The summed E-state index contributed by atoms with van der Waals surface area (Å²) < 4.78 is 0. The molecule has 20 heavy (non-hydrogen) atoms. The Morgan fingerprint density at radius 2 is 1.85 bits per heavy atom. The van der Waals surface area contributed by atoms with Crippen molar-refractivity contribution in [3.8, 4) is 0 Å². The number of carbonyl (C=O) groups is 1. The van der Waals surface area contributed by atoms with Crippen LogP contribution in [0.15, 0.2) is 30.3 Å². The van der Waals surface area contributed by atoms with E-state index in [9.17, 15) is 4.79 Å². The van der Waals surface area contributed by atoms with E-state index in [-0.39, 0.29) is 5.91 Å². The smallest absolute Gasteiger partial charge is 0.228 e. The fourth-order valence-electron chi connectivity index (χ4n) is 2.19. The fraction of sp³-hybridized carbons (Fsp3) is 0.312. The summed E-state index contributed by atoms with van der Waals surface area (Å²) in [6.07, 6.45) is 0.394. The molecule has 0 aliphatic heterocycles. The SMILES string of the molecule is Cc1cc(CC(=O)Nc2ccc(N(C)C)cc2)c(C)[nH]1. The lowest BCUT2D eigenvalue weighted by molar-refractivity contribution is -0.115. The van der Waals surface area contributed by atoms with Crippen molar-refractivity contribution in [1.82, 2.24) is 4.98 Å². The summed E-state index contributed by atoms with van der Waals surface area (Å²) in [5.74, 6) is 0.00435. The lowest BCUT2D eigenvalue weighted by Crippen LogP contribution is -2.15. The van der Waals surface area contributed by atoms with Crippen molar-refractivity contribution in [1.29, 1.82) is 0 Å². The normalized spacial score (nSPS) is 10.4. The Hall–Kier alpha value is -2.23. The van der Waals surface area contributed by atoms with E-state index in [0.29, 0.717) is 6.42 Å². The van der Waals surface area contributed by atoms with Crippen LogP contribution in [0.2, 0.25) is 0 Å². The number of aromatic nitrogens is 1. The van der Waals surface area contributed by atoms with Gasteiger partial charge in [0.15, 0.2) is 0 Å². The molecule has 0 fully saturated rings. The van der Waals surface area contributed by atoms with Crippen LogP contribution in [-0.4, -0.2) is 25.0 Å². The molecule has 1 aromatic heterocycles. The Bertz CT molecular complexity index is 597. The van der Waals surface area contributed by atoms with Crippen molar-refractivity contribution < 1.29 is 4.79 Å². The van der Waals surface area contributed by atoms with Crippen LogP contribution >= 0.6 is 0 Å². The molecule has 0 spiro atoms. The van der Waals surface area contributed by atoms with Gasteiger partial charge in [-0.1, -0.05) is 0 Å². The van der Waals surface area contributed by atoms with Crippen molar-refractivity contribution in [2.45, 2.75) is 20.3 Å². The van der Waals surface area contributed by atoms with E-state index in [2.05, 4.69) is 10.3 Å². The van der Waals surface area contributed by atoms with Crippen molar-refractivity contribution in [2.24, 2.45) is 0 Å². The summed E-state index contributed by atoms with van der Waals surface area (Å²) in [6.45, 7) is 3.98. The Kier molecular flexibility index (Phi) is 4.13. The van der Waals surface area contributed by atoms with Crippen LogP contribution in [0.3, 0.4) is 0 Å². The van der Waals surface area contributed by atoms with Gasteiger partial charge in [-0.05, 0) is 49.7 Å². The zero-order valence-corrected chi connectivity index (χ0v) is 12.4. The minimum atomic E-state index is 0.00435. The third-order valence-electron chi connectivity index (χ3n) is 3.28. The standard InChI is InChI=1S/C16H21N3O/c1-11-9-13(12(2)17-11)10-16(20)18-14-5-7-15(8-6-14)19(3)4/h5-9,17H,10H2,1-4H3,(H,18,20). The maximum Gasteiger partial charge on any atom is 0.228 e. The van der Waals surface area contributed by atoms with Gasteiger partial charge in [-0.15, -0.1) is 0 Å². The number of aryl methyl sites for hydroxylation is 2. The molecule has 1 amide bonds. The number of H-pyrrole nitrogens is 1. The number of amides is 1. The van der Waals surface area contributed by atoms with E-state index >= 15 is 0 Å². The Balaban J connectivity index is 1.99. The topological polar surface area (TPSA) is 48.1 Å². The molecule has 0 saturated carbocycles. The second-order valence-corrected chi connectivity index (χ2v) is 5.27. The van der Waals surface area contributed by atoms with E-state index in [0.717, 1.165) is 28.3 Å². The summed E-state index contributed by atoms with van der Waals surface area (Å²) in [6, 6.07) is 9.83. The van der Waals surface area contributed by atoms with E-state index in [1.165, 1.54) is 0 Å². The van der Waals surface area contributed by atoms with Gasteiger partial charge in [0, 0.05) is 36.9 Å². The van der Waals surface area contributed by atoms with Gasteiger partial charge in [-0.25, -0.2) is 0 Å². The largest absolute Gasteiger partial charge is 0.378 e. The predicted molar refractivity (Wildman–Crippen MR) is 83.4 cm³/mol. The van der Waals surface area contributed by atoms with Crippen molar-refractivity contribution in [3.05, 3.63) is 47.3 Å². The minimum Gasteiger partial charge on any atom is -0.378 e. The molecule has 106 valence electrons. The summed E-state index contributed by atoms with van der Waals surface area (Å²) in [4.78, 5) is 17.3. The monoisotopic (exact) mass is 271 g/mol. The first-order chi connectivity index (χ1) is 9.45. The third kappa shape index (κ3) is 3.41. The maximum absolute atomic E-state index is 12.0. The van der Waals surface area contributed by atoms with Crippen LogP contribution in [0.1, 0.15) is 17.0 Å². The lowest BCUT2D eigenvalue weighted by atomic mass is 10.1. The molecule has 0 bridgehead atoms. The number of rotatable bonds is 4. The van der Waals surface area contributed by atoms with E-state index < -0.39 is 0 Å². The molecular formula is C16H21N3O. The number of carbonyl (C=O) groups excluding carboxylic acids is 1. The van der Waals surface area contributed by atoms with E-state index in [1.807, 2.05) is 63.2 Å². The highest BCUT2D eigenvalue weighted by Gasteiger charge is 2.08. The number of nitrogens with one attached hydrogen (secondary N) is 2. The Morgan fingerprint density at radius 3 is 2.35 bits per heavy atom. The molecule has 1 aromatic carbocycles. The highest BCUT2D eigenvalue weighted by atomic mass is 16.1. The molecule has 4 heteroatoms. The summed E-state index contributed by atoms with van der Waals surface area (Å²) >= 11 is 0. The fourth-order valence-corrected chi connectivity index (χ4v) is 2.19. The highest BCUT2D eigenvalue weighted by Crippen LogP contribution is 2.16. The number of nitrogens with zero attached hydrogens (tertiary/aromatic N) is 1. The van der Waals surface area contributed by atoms with Gasteiger partial charge < -0.3 is 15.2 Å². The number of benzene rings is 1. The zero-order valence-electron chi connectivity index (χ0n) is 12.4. The quantitative estimate of drug-likeness (QED) is 0.898. The molecule has 2 N–H and O–H groups in total. The molecule has 1 heterocycles. The lowest BCUT2D eigenvalue weighted by Gasteiger charge is -2.13. The minimum absolute atomic E-state index is 0.00435. The molecule has 0 atom stereocenters. The average molecular weight is 271 g/mol. The van der Waals surface area contributed by atoms with Crippen molar-refractivity contribution in [2.75, 3.05) is 24.3 Å². The van der Waals surface area contributed by atoms with Crippen molar-refractivity contribution in [3.63, 3.8) is 0 Å². The molecule has 0 unspecified atom stereocenters. The van der Waals surface area contributed by atoms with Crippen LogP contribution < -0.4 is 10.2 Å². The van der Waals surface area contributed by atoms with Gasteiger partial charge >= 0.3 is 0 Å². The van der Waals surface area contributed by atoms with Gasteiger partial charge in [0.2, 0.25) is 5.91 Å². The van der Waals surface area contributed by atoms with Gasteiger partial charge in [-0.3, -0.25) is 4.79 Å². The van der Waals surface area contributed by atoms with Gasteiger partial charge in [0.25, 0.3) is 0 Å². The highest BCUT2D eigenvalue weighted by molar-refractivity contribution is 5.92. The molecule has 0 aliphatic carbocycles. The number of aromatic amines is 1. The Labute approximate surface area is 119 Å². The average Bonchev–Trinajstić information content (AvgIpc) is 2.68. The zero-order chi connectivity index (χ0) is 14.7. The van der Waals surface area contributed by atoms with Crippen LogP contribution in [-0.2, 0) is 11.2 Å². The molecule has 4 nitrogen and oxygen atoms in total. The van der Waals surface area contributed by atoms with Crippen LogP contribution in [0.25, 0.3) is 0 Å². The first kappa shape index (κ1) is 14.2. The van der Waals surface area contributed by atoms with Crippen LogP contribution in [0.4, 0.5) is 11.4 Å².